The molecule has 122 valence electrons. The maximum Gasteiger partial charge on any atom is 0.280 e. The third-order valence-electron chi connectivity index (χ3n) is 3.66. The molecule has 25 heavy (non-hydrogen) atoms. The predicted molar refractivity (Wildman–Crippen MR) is 92.3 cm³/mol. The standard InChI is InChI=1S/C17H9N3O4S/c18-8-11(17-19-12-3-1-2-4-16(12)25-17)5-10-6-14-15(24-9-23-14)7-13(10)20(21)22/h1-7H,9H2. The maximum atomic E-state index is 11.4. The number of aromatic nitrogens is 1. The van der Waals surface area contributed by atoms with Gasteiger partial charge in [0.05, 0.1) is 32.3 Å². The van der Waals surface area contributed by atoms with Crippen molar-refractivity contribution in [3.05, 3.63) is 57.1 Å². The highest BCUT2D eigenvalue weighted by Crippen LogP contribution is 2.39. The number of hydrogen-bond acceptors (Lipinski definition) is 7. The van der Waals surface area contributed by atoms with Crippen molar-refractivity contribution in [2.45, 2.75) is 0 Å². The number of benzene rings is 2. The van der Waals surface area contributed by atoms with Gasteiger partial charge < -0.3 is 9.47 Å². The van der Waals surface area contributed by atoms with Gasteiger partial charge in [-0.25, -0.2) is 4.98 Å². The Morgan fingerprint density at radius 3 is 2.80 bits per heavy atom. The van der Waals surface area contributed by atoms with Crippen LogP contribution in [0.15, 0.2) is 36.4 Å². The Labute approximate surface area is 145 Å². The molecule has 0 N–H and O–H groups in total. The van der Waals surface area contributed by atoms with Crippen LogP contribution >= 0.6 is 11.3 Å². The minimum Gasteiger partial charge on any atom is -0.454 e. The number of para-hydroxylation sites is 1. The van der Waals surface area contributed by atoms with Gasteiger partial charge in [-0.3, -0.25) is 10.1 Å². The molecule has 7 nitrogen and oxygen atoms in total. The second-order valence-corrected chi connectivity index (χ2v) is 6.21. The monoisotopic (exact) mass is 351 g/mol. The van der Waals surface area contributed by atoms with Crippen LogP contribution in [0.1, 0.15) is 10.6 Å². The van der Waals surface area contributed by atoms with Crippen molar-refractivity contribution in [1.29, 1.82) is 5.26 Å². The van der Waals surface area contributed by atoms with Crippen molar-refractivity contribution in [3.63, 3.8) is 0 Å². The predicted octanol–water partition coefficient (Wildman–Crippen LogP) is 4.00. The van der Waals surface area contributed by atoms with Gasteiger partial charge in [-0.1, -0.05) is 12.1 Å². The molecular weight excluding hydrogens is 342 g/mol. The number of ether oxygens (including phenoxy) is 2. The molecule has 0 saturated carbocycles. The first kappa shape index (κ1) is 15.1. The largest absolute Gasteiger partial charge is 0.454 e. The summed E-state index contributed by atoms with van der Waals surface area (Å²) in [5.41, 5.74) is 1.15. The molecule has 1 aromatic heterocycles. The minimum absolute atomic E-state index is 0.0165. The third kappa shape index (κ3) is 2.66. The summed E-state index contributed by atoms with van der Waals surface area (Å²) in [6.45, 7) is 0.0165. The number of nitro benzene ring substituents is 1. The highest BCUT2D eigenvalue weighted by molar-refractivity contribution is 7.19. The van der Waals surface area contributed by atoms with E-state index in [-0.39, 0.29) is 23.6 Å². The highest BCUT2D eigenvalue weighted by atomic mass is 32.1. The maximum absolute atomic E-state index is 11.4. The van der Waals surface area contributed by atoms with Gasteiger partial charge in [0, 0.05) is 0 Å². The molecule has 0 bridgehead atoms. The molecule has 4 rings (SSSR count). The zero-order valence-electron chi connectivity index (χ0n) is 12.6. The van der Waals surface area contributed by atoms with E-state index in [1.165, 1.54) is 29.5 Å². The van der Waals surface area contributed by atoms with Crippen LogP contribution in [-0.2, 0) is 0 Å². The second-order valence-electron chi connectivity index (χ2n) is 5.18. The number of nitriles is 1. The molecule has 1 aliphatic heterocycles. The summed E-state index contributed by atoms with van der Waals surface area (Å²) in [7, 11) is 0. The first-order valence-electron chi connectivity index (χ1n) is 7.21. The van der Waals surface area contributed by atoms with E-state index in [0.717, 1.165) is 10.2 Å². The SMILES string of the molecule is N#CC(=Cc1cc2c(cc1[N+](=O)[O-])OCO2)c1nc2ccccc2s1. The van der Waals surface area contributed by atoms with Crippen LogP contribution < -0.4 is 9.47 Å². The molecule has 0 radical (unpaired) electrons. The summed E-state index contributed by atoms with van der Waals surface area (Å²) < 4.78 is 11.4. The summed E-state index contributed by atoms with van der Waals surface area (Å²) in [5, 5.41) is 21.4. The molecular formula is C17H9N3O4S. The summed E-state index contributed by atoms with van der Waals surface area (Å²) in [6, 6.07) is 12.4. The Kier molecular flexibility index (Phi) is 3.56. The Bertz CT molecular complexity index is 1050. The Morgan fingerprint density at radius 1 is 1.32 bits per heavy atom. The molecule has 0 spiro atoms. The van der Waals surface area contributed by atoms with Gasteiger partial charge in [-0.2, -0.15) is 5.26 Å². The van der Waals surface area contributed by atoms with Gasteiger partial charge in [-0.15, -0.1) is 11.3 Å². The molecule has 0 atom stereocenters. The third-order valence-corrected chi connectivity index (χ3v) is 4.73. The van der Waals surface area contributed by atoms with Crippen molar-refractivity contribution in [3.8, 4) is 17.6 Å². The Hall–Kier alpha value is -3.44. The number of nitrogens with zero attached hydrogens (tertiary/aromatic N) is 3. The Morgan fingerprint density at radius 2 is 2.08 bits per heavy atom. The van der Waals surface area contributed by atoms with Crippen LogP contribution in [0.4, 0.5) is 5.69 Å². The summed E-state index contributed by atoms with van der Waals surface area (Å²) >= 11 is 1.36. The van der Waals surface area contributed by atoms with Crippen molar-refractivity contribution in [2.75, 3.05) is 6.79 Å². The topological polar surface area (TPSA) is 98.3 Å². The van der Waals surface area contributed by atoms with Crippen LogP contribution in [0.5, 0.6) is 11.5 Å². The Balaban J connectivity index is 1.85. The van der Waals surface area contributed by atoms with E-state index in [1.54, 1.807) is 0 Å². The number of nitro groups is 1. The second kappa shape index (κ2) is 5.89. The average molecular weight is 351 g/mol. The van der Waals surface area contributed by atoms with Crippen LogP contribution in [-0.4, -0.2) is 16.7 Å². The molecule has 0 amide bonds. The highest BCUT2D eigenvalue weighted by Gasteiger charge is 2.23. The zero-order valence-corrected chi connectivity index (χ0v) is 13.4. The molecule has 2 aromatic carbocycles. The van der Waals surface area contributed by atoms with Crippen molar-refractivity contribution in [1.82, 2.24) is 4.98 Å². The number of allylic oxidation sites excluding steroid dienone is 1. The van der Waals surface area contributed by atoms with Gasteiger partial charge >= 0.3 is 0 Å². The summed E-state index contributed by atoms with van der Waals surface area (Å²) in [5.74, 6) is 0.737. The fourth-order valence-corrected chi connectivity index (χ4v) is 3.44. The molecule has 0 aliphatic carbocycles. The van der Waals surface area contributed by atoms with Gasteiger partial charge in [0.2, 0.25) is 6.79 Å². The molecule has 0 fully saturated rings. The number of hydrogen-bond donors (Lipinski definition) is 0. The van der Waals surface area contributed by atoms with E-state index in [1.807, 2.05) is 24.3 Å². The normalized spacial score (nSPS) is 13.0. The van der Waals surface area contributed by atoms with Crippen molar-refractivity contribution < 1.29 is 14.4 Å². The minimum atomic E-state index is -0.513. The smallest absolute Gasteiger partial charge is 0.280 e. The van der Waals surface area contributed by atoms with Gasteiger partial charge in [-0.05, 0) is 24.3 Å². The first-order chi connectivity index (χ1) is 12.2. The van der Waals surface area contributed by atoms with Crippen LogP contribution in [0, 0.1) is 21.4 Å². The molecule has 8 heteroatoms. The van der Waals surface area contributed by atoms with Crippen LogP contribution in [0.25, 0.3) is 21.9 Å². The summed E-state index contributed by atoms with van der Waals surface area (Å²) in [4.78, 5) is 15.3. The molecule has 2 heterocycles. The van der Waals surface area contributed by atoms with Gasteiger partial charge in [0.15, 0.2) is 11.5 Å². The quantitative estimate of drug-likeness (QED) is 0.402. The van der Waals surface area contributed by atoms with E-state index >= 15 is 0 Å². The van der Waals surface area contributed by atoms with E-state index in [0.29, 0.717) is 16.5 Å². The number of thiazole rings is 1. The van der Waals surface area contributed by atoms with Crippen LogP contribution in [0.2, 0.25) is 0 Å². The van der Waals surface area contributed by atoms with E-state index in [2.05, 4.69) is 11.1 Å². The van der Waals surface area contributed by atoms with Gasteiger partial charge in [0.25, 0.3) is 5.69 Å². The lowest BCUT2D eigenvalue weighted by molar-refractivity contribution is -0.385. The van der Waals surface area contributed by atoms with Gasteiger partial charge in [0.1, 0.15) is 11.1 Å². The van der Waals surface area contributed by atoms with E-state index < -0.39 is 4.92 Å². The molecule has 0 unspecified atom stereocenters. The lowest BCUT2D eigenvalue weighted by Crippen LogP contribution is -1.93. The average Bonchev–Trinajstić information content (AvgIpc) is 3.24. The number of fused-ring (bicyclic) bond motifs is 2. The number of rotatable bonds is 3. The fourth-order valence-electron chi connectivity index (χ4n) is 2.51. The summed E-state index contributed by atoms with van der Waals surface area (Å²) in [6.07, 6.45) is 1.46. The fraction of sp³-hybridized carbons (Fsp3) is 0.0588. The van der Waals surface area contributed by atoms with E-state index in [4.69, 9.17) is 9.47 Å². The van der Waals surface area contributed by atoms with Crippen molar-refractivity contribution in [2.24, 2.45) is 0 Å². The molecule has 1 aliphatic rings. The van der Waals surface area contributed by atoms with Crippen molar-refractivity contribution >= 4 is 38.9 Å². The molecule has 0 saturated heterocycles. The van der Waals surface area contributed by atoms with Crippen LogP contribution in [0.3, 0.4) is 0 Å². The molecule has 3 aromatic rings. The zero-order chi connectivity index (χ0) is 17.4. The van der Waals surface area contributed by atoms with E-state index in [9.17, 15) is 15.4 Å². The lowest BCUT2D eigenvalue weighted by Gasteiger charge is -2.01. The first-order valence-corrected chi connectivity index (χ1v) is 8.03. The lowest BCUT2D eigenvalue weighted by atomic mass is 10.1.